The topological polar surface area (TPSA) is 41.1 Å². The number of hydrogen-bond acceptors (Lipinski definition) is 2. The number of fused-ring (bicyclic) bond motifs is 2. The highest BCUT2D eigenvalue weighted by Gasteiger charge is 2.42. The Kier molecular flexibility index (Phi) is 5.88. The van der Waals surface area contributed by atoms with Crippen LogP contribution in [0.4, 0.5) is 0 Å². The van der Waals surface area contributed by atoms with Gasteiger partial charge in [-0.3, -0.25) is 4.79 Å². The lowest BCUT2D eigenvalue weighted by Gasteiger charge is -2.30. The van der Waals surface area contributed by atoms with Crippen LogP contribution in [0.1, 0.15) is 65.7 Å². The Balaban J connectivity index is 1.68. The number of carbonyl (C=O) groups excluding carboxylic acids is 1. The largest absolute Gasteiger partial charge is 0.355 e. The minimum absolute atomic E-state index is 0.0641. The fraction of sp³-hybridized carbons (Fsp3) is 0.941. The zero-order valence-electron chi connectivity index (χ0n) is 13.5. The van der Waals surface area contributed by atoms with Crippen LogP contribution in [-0.4, -0.2) is 24.5 Å². The molecule has 2 aliphatic carbocycles. The van der Waals surface area contributed by atoms with E-state index in [-0.39, 0.29) is 11.9 Å². The summed E-state index contributed by atoms with van der Waals surface area (Å²) in [7, 11) is 0. The predicted molar refractivity (Wildman–Crippen MR) is 83.5 cm³/mol. The first-order valence-corrected chi connectivity index (χ1v) is 8.65. The lowest BCUT2D eigenvalue weighted by atomic mass is 9.84. The Morgan fingerprint density at radius 1 is 1.20 bits per heavy atom. The molecule has 0 aliphatic heterocycles. The Morgan fingerprint density at radius 2 is 2.00 bits per heavy atom. The summed E-state index contributed by atoms with van der Waals surface area (Å²) in [5.41, 5.74) is 0. The van der Waals surface area contributed by atoms with Crippen LogP contribution < -0.4 is 10.6 Å². The van der Waals surface area contributed by atoms with E-state index in [2.05, 4.69) is 24.5 Å². The Hall–Kier alpha value is -0.570. The zero-order valence-corrected chi connectivity index (χ0v) is 13.5. The van der Waals surface area contributed by atoms with E-state index in [4.69, 9.17) is 0 Å². The molecule has 5 unspecified atom stereocenters. The molecule has 0 aromatic rings. The number of unbranched alkanes of at least 4 members (excludes halogenated alkanes) is 2. The van der Waals surface area contributed by atoms with Crippen molar-refractivity contribution in [3.63, 3.8) is 0 Å². The average Bonchev–Trinajstić information content (AvgIpc) is 3.05. The molecule has 3 heteroatoms. The lowest BCUT2D eigenvalue weighted by molar-refractivity contribution is -0.123. The van der Waals surface area contributed by atoms with Crippen LogP contribution in [0.15, 0.2) is 0 Å². The molecule has 0 heterocycles. The van der Waals surface area contributed by atoms with Crippen LogP contribution in [0.25, 0.3) is 0 Å². The van der Waals surface area contributed by atoms with Crippen molar-refractivity contribution in [3.8, 4) is 0 Å². The molecule has 0 spiro atoms. The smallest absolute Gasteiger partial charge is 0.236 e. The Labute approximate surface area is 124 Å². The molecule has 2 fully saturated rings. The van der Waals surface area contributed by atoms with E-state index in [0.29, 0.717) is 6.04 Å². The van der Waals surface area contributed by atoms with Gasteiger partial charge in [0.1, 0.15) is 0 Å². The standard InChI is InChI=1S/C17H32N2O/c1-4-5-6-9-18-17(20)13(3)19-12(2)16-11-14-7-8-15(16)10-14/h12-16,19H,4-11H2,1-3H3,(H,18,20). The lowest BCUT2D eigenvalue weighted by Crippen LogP contribution is -2.48. The van der Waals surface area contributed by atoms with Gasteiger partial charge in [0.05, 0.1) is 6.04 Å². The number of carbonyl (C=O) groups is 1. The van der Waals surface area contributed by atoms with Crippen molar-refractivity contribution in [2.45, 2.75) is 77.8 Å². The van der Waals surface area contributed by atoms with E-state index >= 15 is 0 Å². The van der Waals surface area contributed by atoms with Gasteiger partial charge in [0.2, 0.25) is 5.91 Å². The van der Waals surface area contributed by atoms with Gasteiger partial charge in [0.15, 0.2) is 0 Å². The Morgan fingerprint density at radius 3 is 2.60 bits per heavy atom. The molecule has 0 saturated heterocycles. The van der Waals surface area contributed by atoms with Gasteiger partial charge in [-0.1, -0.05) is 26.2 Å². The monoisotopic (exact) mass is 280 g/mol. The molecule has 2 bridgehead atoms. The van der Waals surface area contributed by atoms with Crippen LogP contribution >= 0.6 is 0 Å². The number of amides is 1. The molecule has 20 heavy (non-hydrogen) atoms. The highest BCUT2D eigenvalue weighted by molar-refractivity contribution is 5.81. The summed E-state index contributed by atoms with van der Waals surface area (Å²) in [6, 6.07) is 0.410. The van der Waals surface area contributed by atoms with Crippen molar-refractivity contribution in [1.82, 2.24) is 10.6 Å². The van der Waals surface area contributed by atoms with Crippen LogP contribution in [0.3, 0.4) is 0 Å². The number of rotatable bonds is 8. The van der Waals surface area contributed by atoms with E-state index in [1.54, 1.807) is 0 Å². The first-order valence-electron chi connectivity index (χ1n) is 8.65. The van der Waals surface area contributed by atoms with Crippen LogP contribution in [0, 0.1) is 17.8 Å². The van der Waals surface area contributed by atoms with Gasteiger partial charge in [-0.15, -0.1) is 0 Å². The molecule has 2 N–H and O–H groups in total. The van der Waals surface area contributed by atoms with Crippen LogP contribution in [0.5, 0.6) is 0 Å². The van der Waals surface area contributed by atoms with Crippen molar-refractivity contribution in [1.29, 1.82) is 0 Å². The van der Waals surface area contributed by atoms with Crippen molar-refractivity contribution in [2.75, 3.05) is 6.54 Å². The minimum Gasteiger partial charge on any atom is -0.355 e. The second-order valence-corrected chi connectivity index (χ2v) is 7.01. The first-order chi connectivity index (χ1) is 9.61. The summed E-state index contributed by atoms with van der Waals surface area (Å²) < 4.78 is 0. The highest BCUT2D eigenvalue weighted by atomic mass is 16.2. The van der Waals surface area contributed by atoms with Gasteiger partial charge >= 0.3 is 0 Å². The van der Waals surface area contributed by atoms with Crippen LogP contribution in [-0.2, 0) is 4.79 Å². The summed E-state index contributed by atoms with van der Waals surface area (Å²) in [5, 5.41) is 6.58. The third-order valence-electron chi connectivity index (χ3n) is 5.42. The van der Waals surface area contributed by atoms with Crippen molar-refractivity contribution >= 4 is 5.91 Å². The maximum Gasteiger partial charge on any atom is 0.236 e. The van der Waals surface area contributed by atoms with Gasteiger partial charge < -0.3 is 10.6 Å². The Bertz CT molecular complexity index is 318. The predicted octanol–water partition coefficient (Wildman–Crippen LogP) is 3.10. The average molecular weight is 280 g/mol. The summed E-state index contributed by atoms with van der Waals surface area (Å²) in [6.07, 6.45) is 9.17. The van der Waals surface area contributed by atoms with E-state index in [0.717, 1.165) is 30.7 Å². The molecule has 1 amide bonds. The minimum atomic E-state index is -0.0641. The van der Waals surface area contributed by atoms with Gasteiger partial charge in [-0.2, -0.15) is 0 Å². The van der Waals surface area contributed by atoms with Gasteiger partial charge in [-0.05, 0) is 57.3 Å². The van der Waals surface area contributed by atoms with E-state index in [1.807, 2.05) is 6.92 Å². The quantitative estimate of drug-likeness (QED) is 0.671. The maximum absolute atomic E-state index is 12.0. The van der Waals surface area contributed by atoms with E-state index < -0.39 is 0 Å². The van der Waals surface area contributed by atoms with Gasteiger partial charge in [-0.25, -0.2) is 0 Å². The number of hydrogen-bond donors (Lipinski definition) is 2. The summed E-state index contributed by atoms with van der Waals surface area (Å²) in [5.74, 6) is 2.86. The summed E-state index contributed by atoms with van der Waals surface area (Å²) >= 11 is 0. The summed E-state index contributed by atoms with van der Waals surface area (Å²) in [6.45, 7) is 7.27. The normalized spacial score (nSPS) is 31.2. The summed E-state index contributed by atoms with van der Waals surface area (Å²) in [4.78, 5) is 12.0. The number of nitrogens with one attached hydrogen (secondary N) is 2. The zero-order chi connectivity index (χ0) is 14.5. The maximum atomic E-state index is 12.0. The molecule has 3 nitrogen and oxygen atoms in total. The molecular formula is C17H32N2O. The third kappa shape index (κ3) is 3.97. The van der Waals surface area contributed by atoms with Gasteiger partial charge in [0, 0.05) is 12.6 Å². The molecule has 2 rings (SSSR count). The highest BCUT2D eigenvalue weighted by Crippen LogP contribution is 2.49. The first kappa shape index (κ1) is 15.8. The van der Waals surface area contributed by atoms with E-state index in [1.165, 1.54) is 38.5 Å². The molecule has 2 saturated carbocycles. The molecule has 116 valence electrons. The molecule has 5 atom stereocenters. The van der Waals surface area contributed by atoms with Gasteiger partial charge in [0.25, 0.3) is 0 Å². The second kappa shape index (κ2) is 7.44. The third-order valence-corrected chi connectivity index (χ3v) is 5.42. The van der Waals surface area contributed by atoms with Crippen molar-refractivity contribution in [3.05, 3.63) is 0 Å². The molecule has 2 aliphatic rings. The SMILES string of the molecule is CCCCCNC(=O)C(C)NC(C)C1CC2CCC1C2. The fourth-order valence-corrected chi connectivity index (χ4v) is 4.24. The molecular weight excluding hydrogens is 248 g/mol. The fourth-order valence-electron chi connectivity index (χ4n) is 4.24. The van der Waals surface area contributed by atoms with Crippen LogP contribution in [0.2, 0.25) is 0 Å². The van der Waals surface area contributed by atoms with E-state index in [9.17, 15) is 4.79 Å². The molecule has 0 radical (unpaired) electrons. The molecule has 0 aromatic carbocycles. The molecule has 0 aromatic heterocycles. The van der Waals surface area contributed by atoms with Crippen molar-refractivity contribution < 1.29 is 4.79 Å². The van der Waals surface area contributed by atoms with Crippen molar-refractivity contribution in [2.24, 2.45) is 17.8 Å². The second-order valence-electron chi connectivity index (χ2n) is 7.01.